The molecule has 1 atom stereocenters. The number of rotatable bonds is 8. The Labute approximate surface area is 118 Å². The number of aryl methyl sites for hydroxylation is 1. The second kappa shape index (κ2) is 8.31. The maximum atomic E-state index is 6.32. The molecular weight excluding hydrogens is 234 g/mol. The van der Waals surface area contributed by atoms with Crippen LogP contribution in [0.4, 0.5) is 0 Å². The Morgan fingerprint density at radius 1 is 1.21 bits per heavy atom. The van der Waals surface area contributed by atoms with E-state index in [1.54, 1.807) is 0 Å². The van der Waals surface area contributed by atoms with E-state index in [0.29, 0.717) is 0 Å². The second-order valence-corrected chi connectivity index (χ2v) is 5.57. The van der Waals surface area contributed by atoms with Gasteiger partial charge in [-0.15, -0.1) is 0 Å². The highest BCUT2D eigenvalue weighted by atomic mass is 15.1. The predicted octanol–water partition coefficient (Wildman–Crippen LogP) is 2.27. The van der Waals surface area contributed by atoms with Crippen LogP contribution in [-0.2, 0) is 0 Å². The molecule has 3 heteroatoms. The van der Waals surface area contributed by atoms with Gasteiger partial charge in [-0.25, -0.2) is 0 Å². The summed E-state index contributed by atoms with van der Waals surface area (Å²) in [5, 5.41) is 0. The van der Waals surface area contributed by atoms with Crippen LogP contribution in [0.2, 0.25) is 0 Å². The zero-order valence-electron chi connectivity index (χ0n) is 12.9. The first-order valence-electron chi connectivity index (χ1n) is 7.22. The van der Waals surface area contributed by atoms with E-state index in [0.717, 1.165) is 26.2 Å². The molecule has 0 aliphatic rings. The van der Waals surface area contributed by atoms with Gasteiger partial charge in [-0.1, -0.05) is 36.8 Å². The normalized spacial score (nSPS) is 13.2. The molecule has 0 radical (unpaired) electrons. The molecule has 0 bridgehead atoms. The summed E-state index contributed by atoms with van der Waals surface area (Å²) in [6.45, 7) is 8.58. The second-order valence-electron chi connectivity index (χ2n) is 5.57. The molecular formula is C16H29N3. The molecule has 3 nitrogen and oxygen atoms in total. The topological polar surface area (TPSA) is 32.5 Å². The van der Waals surface area contributed by atoms with Crippen LogP contribution in [0.15, 0.2) is 24.3 Å². The summed E-state index contributed by atoms with van der Waals surface area (Å²) >= 11 is 0. The van der Waals surface area contributed by atoms with Gasteiger partial charge in [0.15, 0.2) is 0 Å². The van der Waals surface area contributed by atoms with Gasteiger partial charge < -0.3 is 15.5 Å². The van der Waals surface area contributed by atoms with E-state index in [1.807, 2.05) is 0 Å². The first-order valence-corrected chi connectivity index (χ1v) is 7.22. The van der Waals surface area contributed by atoms with Crippen molar-refractivity contribution in [2.24, 2.45) is 5.73 Å². The fourth-order valence-electron chi connectivity index (χ4n) is 2.27. The molecule has 1 rings (SSSR count). The molecule has 0 aliphatic carbocycles. The Morgan fingerprint density at radius 2 is 1.95 bits per heavy atom. The van der Waals surface area contributed by atoms with Gasteiger partial charge in [0, 0.05) is 12.6 Å². The highest BCUT2D eigenvalue weighted by molar-refractivity contribution is 5.25. The van der Waals surface area contributed by atoms with Crippen molar-refractivity contribution in [3.05, 3.63) is 35.4 Å². The summed E-state index contributed by atoms with van der Waals surface area (Å²) in [7, 11) is 4.24. The molecule has 108 valence electrons. The van der Waals surface area contributed by atoms with Crippen LogP contribution in [0.3, 0.4) is 0 Å². The smallest absolute Gasteiger partial charge is 0.0424 e. The van der Waals surface area contributed by atoms with Crippen molar-refractivity contribution < 1.29 is 0 Å². The van der Waals surface area contributed by atoms with Crippen LogP contribution < -0.4 is 5.73 Å². The van der Waals surface area contributed by atoms with Gasteiger partial charge in [0.2, 0.25) is 0 Å². The quantitative estimate of drug-likeness (QED) is 0.781. The van der Waals surface area contributed by atoms with Crippen LogP contribution in [-0.4, -0.2) is 50.1 Å². The highest BCUT2D eigenvalue weighted by Crippen LogP contribution is 2.13. The molecule has 0 spiro atoms. The molecule has 1 aromatic rings. The summed E-state index contributed by atoms with van der Waals surface area (Å²) in [5.74, 6) is 0. The lowest BCUT2D eigenvalue weighted by Crippen LogP contribution is -2.34. The largest absolute Gasteiger partial charge is 0.323 e. The van der Waals surface area contributed by atoms with Gasteiger partial charge >= 0.3 is 0 Å². The van der Waals surface area contributed by atoms with Gasteiger partial charge in [0.05, 0.1) is 0 Å². The number of nitrogens with two attached hydrogens (primary N) is 1. The zero-order valence-corrected chi connectivity index (χ0v) is 12.9. The van der Waals surface area contributed by atoms with Crippen molar-refractivity contribution >= 4 is 0 Å². The summed E-state index contributed by atoms with van der Waals surface area (Å²) < 4.78 is 0. The van der Waals surface area contributed by atoms with Gasteiger partial charge in [-0.05, 0) is 52.6 Å². The van der Waals surface area contributed by atoms with E-state index >= 15 is 0 Å². The molecule has 0 fully saturated rings. The van der Waals surface area contributed by atoms with E-state index in [1.165, 1.54) is 17.5 Å². The van der Waals surface area contributed by atoms with Crippen molar-refractivity contribution in [1.82, 2.24) is 9.80 Å². The van der Waals surface area contributed by atoms with Gasteiger partial charge in [-0.3, -0.25) is 0 Å². The molecule has 0 saturated heterocycles. The van der Waals surface area contributed by atoms with E-state index in [9.17, 15) is 0 Å². The Kier molecular flexibility index (Phi) is 7.06. The van der Waals surface area contributed by atoms with E-state index in [2.05, 4.69) is 62.0 Å². The fraction of sp³-hybridized carbons (Fsp3) is 0.625. The lowest BCUT2D eigenvalue weighted by molar-refractivity contribution is 0.252. The lowest BCUT2D eigenvalue weighted by Gasteiger charge is -2.25. The number of likely N-dealkylation sites (N-methyl/N-ethyl adjacent to an activating group) is 1. The number of nitrogens with zero attached hydrogens (tertiary/aromatic N) is 2. The van der Waals surface area contributed by atoms with Crippen molar-refractivity contribution in [2.75, 3.05) is 40.3 Å². The van der Waals surface area contributed by atoms with Crippen LogP contribution in [0.1, 0.15) is 30.5 Å². The Balaban J connectivity index is 2.46. The third kappa shape index (κ3) is 6.19. The summed E-state index contributed by atoms with van der Waals surface area (Å²) in [5.41, 5.74) is 8.84. The average Bonchev–Trinajstić information content (AvgIpc) is 2.37. The maximum absolute atomic E-state index is 6.32. The first kappa shape index (κ1) is 16.2. The van der Waals surface area contributed by atoms with Crippen molar-refractivity contribution in [2.45, 2.75) is 26.3 Å². The minimum absolute atomic E-state index is 0.110. The molecule has 0 amide bonds. The molecule has 2 N–H and O–H groups in total. The maximum Gasteiger partial charge on any atom is 0.0424 e. The Bertz CT molecular complexity index is 363. The fourth-order valence-corrected chi connectivity index (χ4v) is 2.27. The van der Waals surface area contributed by atoms with Gasteiger partial charge in [0.25, 0.3) is 0 Å². The summed E-state index contributed by atoms with van der Waals surface area (Å²) in [6, 6.07) is 8.64. The molecule has 0 heterocycles. The van der Waals surface area contributed by atoms with Crippen LogP contribution >= 0.6 is 0 Å². The summed E-state index contributed by atoms with van der Waals surface area (Å²) in [6.07, 6.45) is 1.20. The molecule has 0 aromatic heterocycles. The first-order chi connectivity index (χ1) is 9.02. The number of hydrogen-bond donors (Lipinski definition) is 1. The third-order valence-corrected chi connectivity index (χ3v) is 3.45. The highest BCUT2D eigenvalue weighted by Gasteiger charge is 2.11. The Hall–Kier alpha value is -0.900. The molecule has 1 aromatic carbocycles. The minimum Gasteiger partial charge on any atom is -0.323 e. The van der Waals surface area contributed by atoms with Crippen molar-refractivity contribution in [3.63, 3.8) is 0 Å². The molecule has 1 unspecified atom stereocenters. The van der Waals surface area contributed by atoms with Crippen LogP contribution in [0.25, 0.3) is 0 Å². The lowest BCUT2D eigenvalue weighted by atomic mass is 10.0. The van der Waals surface area contributed by atoms with E-state index in [4.69, 9.17) is 5.73 Å². The number of benzene rings is 1. The number of hydrogen-bond acceptors (Lipinski definition) is 3. The molecule has 19 heavy (non-hydrogen) atoms. The predicted molar refractivity (Wildman–Crippen MR) is 83.4 cm³/mol. The van der Waals surface area contributed by atoms with E-state index < -0.39 is 0 Å². The monoisotopic (exact) mass is 263 g/mol. The van der Waals surface area contributed by atoms with Crippen LogP contribution in [0.5, 0.6) is 0 Å². The zero-order chi connectivity index (χ0) is 14.3. The van der Waals surface area contributed by atoms with Crippen molar-refractivity contribution in [3.8, 4) is 0 Å². The van der Waals surface area contributed by atoms with Gasteiger partial charge in [0.1, 0.15) is 0 Å². The average molecular weight is 263 g/mol. The van der Waals surface area contributed by atoms with E-state index in [-0.39, 0.29) is 6.04 Å². The Morgan fingerprint density at radius 3 is 2.53 bits per heavy atom. The summed E-state index contributed by atoms with van der Waals surface area (Å²) in [4.78, 5) is 4.67. The van der Waals surface area contributed by atoms with Crippen molar-refractivity contribution in [1.29, 1.82) is 0 Å². The molecule has 0 aliphatic heterocycles. The third-order valence-electron chi connectivity index (χ3n) is 3.45. The SMILES string of the molecule is CCN(CCCN(C)C)CC(N)c1cccc(C)c1. The molecule has 0 saturated carbocycles. The standard InChI is InChI=1S/C16H29N3/c1-5-19(11-7-10-18(3)4)13-16(17)15-9-6-8-14(2)12-15/h6,8-9,12,16H,5,7,10-11,13,17H2,1-4H3. The van der Waals surface area contributed by atoms with Gasteiger partial charge in [-0.2, -0.15) is 0 Å². The van der Waals surface area contributed by atoms with Crippen LogP contribution in [0, 0.1) is 6.92 Å². The minimum atomic E-state index is 0.110.